The van der Waals surface area contributed by atoms with Crippen LogP contribution in [0.15, 0.2) is 108 Å². The molecule has 0 bridgehead atoms. The smallest absolute Gasteiger partial charge is 0.272 e. The molecule has 3 amide bonds. The summed E-state index contributed by atoms with van der Waals surface area (Å²) in [4.78, 5) is 45.3. The molecule has 1 heterocycles. The van der Waals surface area contributed by atoms with E-state index in [2.05, 4.69) is 34.8 Å². The SMILES string of the molecule is CCOc1ccc2nc(NC(=O)C(CC)Sc3cccc(NC(=O)/C(=C\c4ccc(C(C)C)cc4)NC(=O)c4ccccc4)c3)sc2c1. The van der Waals surface area contributed by atoms with Crippen LogP contribution in [0.25, 0.3) is 16.3 Å². The number of aromatic nitrogens is 1. The zero-order chi connectivity index (χ0) is 34.0. The van der Waals surface area contributed by atoms with Gasteiger partial charge in [0.1, 0.15) is 11.4 Å². The van der Waals surface area contributed by atoms with Gasteiger partial charge in [-0.3, -0.25) is 14.4 Å². The van der Waals surface area contributed by atoms with Crippen LogP contribution in [0.3, 0.4) is 0 Å². The average Bonchev–Trinajstić information content (AvgIpc) is 3.49. The predicted molar refractivity (Wildman–Crippen MR) is 197 cm³/mol. The molecule has 0 saturated carbocycles. The van der Waals surface area contributed by atoms with Gasteiger partial charge in [0, 0.05) is 16.1 Å². The number of amides is 3. The first-order valence-corrected chi connectivity index (χ1v) is 17.5. The summed E-state index contributed by atoms with van der Waals surface area (Å²) in [6.07, 6.45) is 2.25. The van der Waals surface area contributed by atoms with Crippen molar-refractivity contribution >= 4 is 67.9 Å². The van der Waals surface area contributed by atoms with Gasteiger partial charge in [-0.25, -0.2) is 4.98 Å². The quantitative estimate of drug-likeness (QED) is 0.0849. The first-order chi connectivity index (χ1) is 23.2. The summed E-state index contributed by atoms with van der Waals surface area (Å²) in [6.45, 7) is 8.70. The van der Waals surface area contributed by atoms with E-state index < -0.39 is 11.2 Å². The Balaban J connectivity index is 1.29. The van der Waals surface area contributed by atoms with Gasteiger partial charge in [-0.1, -0.05) is 80.6 Å². The van der Waals surface area contributed by atoms with Gasteiger partial charge in [-0.15, -0.1) is 11.8 Å². The Hall–Kier alpha value is -4.93. The number of hydrogen-bond acceptors (Lipinski definition) is 7. The van der Waals surface area contributed by atoms with Gasteiger partial charge in [0.05, 0.1) is 22.1 Å². The molecule has 1 unspecified atom stereocenters. The number of ether oxygens (including phenoxy) is 1. The lowest BCUT2D eigenvalue weighted by Crippen LogP contribution is -2.30. The largest absolute Gasteiger partial charge is 0.494 e. The monoisotopic (exact) mass is 678 g/mol. The van der Waals surface area contributed by atoms with Gasteiger partial charge in [0.2, 0.25) is 5.91 Å². The molecule has 0 radical (unpaired) electrons. The number of rotatable bonds is 13. The van der Waals surface area contributed by atoms with Crippen molar-refractivity contribution in [1.29, 1.82) is 0 Å². The van der Waals surface area contributed by atoms with Crippen LogP contribution in [0.5, 0.6) is 5.75 Å². The number of benzene rings is 4. The van der Waals surface area contributed by atoms with E-state index in [1.54, 1.807) is 36.4 Å². The fraction of sp³-hybridized carbons (Fsp3) is 0.211. The fourth-order valence-electron chi connectivity index (χ4n) is 4.82. The van der Waals surface area contributed by atoms with E-state index in [1.165, 1.54) is 28.7 Å². The Morgan fingerprint density at radius 2 is 1.67 bits per heavy atom. The molecule has 5 aromatic rings. The van der Waals surface area contributed by atoms with Gasteiger partial charge in [-0.2, -0.15) is 0 Å². The number of nitrogens with one attached hydrogen (secondary N) is 3. The van der Waals surface area contributed by atoms with Crippen molar-refractivity contribution < 1.29 is 19.1 Å². The van der Waals surface area contributed by atoms with E-state index in [0.29, 0.717) is 35.3 Å². The number of nitrogens with zero attached hydrogens (tertiary/aromatic N) is 1. The van der Waals surface area contributed by atoms with Crippen LogP contribution < -0.4 is 20.7 Å². The van der Waals surface area contributed by atoms with E-state index in [1.807, 2.05) is 80.6 Å². The number of carbonyl (C=O) groups is 3. The summed E-state index contributed by atoms with van der Waals surface area (Å²) in [5, 5.41) is 8.82. The molecule has 3 N–H and O–H groups in total. The van der Waals surface area contributed by atoms with Crippen LogP contribution in [0, 0.1) is 0 Å². The maximum atomic E-state index is 13.6. The Kier molecular flexibility index (Phi) is 11.7. The normalized spacial score (nSPS) is 12.1. The third kappa shape index (κ3) is 9.11. The molecule has 0 spiro atoms. The lowest BCUT2D eigenvalue weighted by atomic mass is 10.0. The van der Waals surface area contributed by atoms with Crippen LogP contribution in [0.1, 0.15) is 61.5 Å². The van der Waals surface area contributed by atoms with E-state index in [4.69, 9.17) is 4.74 Å². The first kappa shape index (κ1) is 34.4. The minimum Gasteiger partial charge on any atom is -0.494 e. The fourth-order valence-corrected chi connectivity index (χ4v) is 6.73. The second-order valence-electron chi connectivity index (χ2n) is 11.3. The van der Waals surface area contributed by atoms with E-state index in [-0.39, 0.29) is 17.5 Å². The van der Waals surface area contributed by atoms with Gasteiger partial charge in [-0.05, 0) is 85.0 Å². The molecular formula is C38H38N4O4S2. The Bertz CT molecular complexity index is 1920. The van der Waals surface area contributed by atoms with Crippen molar-refractivity contribution in [2.45, 2.75) is 50.2 Å². The van der Waals surface area contributed by atoms with Crippen molar-refractivity contribution in [3.8, 4) is 5.75 Å². The number of thioether (sulfide) groups is 1. The summed E-state index contributed by atoms with van der Waals surface area (Å²) < 4.78 is 6.52. The van der Waals surface area contributed by atoms with E-state index in [0.717, 1.165) is 26.4 Å². The molecule has 0 saturated heterocycles. The van der Waals surface area contributed by atoms with Crippen molar-refractivity contribution in [2.75, 3.05) is 17.2 Å². The summed E-state index contributed by atoms with van der Waals surface area (Å²) in [6, 6.07) is 29.6. The van der Waals surface area contributed by atoms with E-state index >= 15 is 0 Å². The first-order valence-electron chi connectivity index (χ1n) is 15.8. The summed E-state index contributed by atoms with van der Waals surface area (Å²) in [7, 11) is 0. The highest BCUT2D eigenvalue weighted by Gasteiger charge is 2.21. The molecule has 0 aliphatic heterocycles. The summed E-state index contributed by atoms with van der Waals surface area (Å²) in [5.74, 6) is 0.122. The number of anilines is 2. The Morgan fingerprint density at radius 3 is 2.38 bits per heavy atom. The standard InChI is InChI=1S/C38H38N4O4S2/c1-5-33(37(45)42-38-41-31-20-19-29(46-6-2)23-34(31)48-38)47-30-14-10-13-28(22-30)39-36(44)32(40-35(43)27-11-8-7-9-12-27)21-25-15-17-26(18-16-25)24(3)4/h7-24,33H,5-6H2,1-4H3,(H,39,44)(H,40,43)(H,41,42,45)/b32-21+. The number of fused-ring (bicyclic) bond motifs is 1. The number of carbonyl (C=O) groups excluding carboxylic acids is 3. The van der Waals surface area contributed by atoms with Crippen molar-refractivity contribution in [3.63, 3.8) is 0 Å². The summed E-state index contributed by atoms with van der Waals surface area (Å²) in [5.41, 5.74) is 3.83. The molecule has 1 atom stereocenters. The van der Waals surface area contributed by atoms with Crippen LogP contribution in [-0.4, -0.2) is 34.6 Å². The molecule has 0 aliphatic rings. The van der Waals surface area contributed by atoms with Gasteiger partial charge < -0.3 is 20.7 Å². The zero-order valence-corrected chi connectivity index (χ0v) is 28.9. The third-order valence-corrected chi connectivity index (χ3v) is 9.67. The molecule has 246 valence electrons. The predicted octanol–water partition coefficient (Wildman–Crippen LogP) is 8.74. The highest BCUT2D eigenvalue weighted by atomic mass is 32.2. The highest BCUT2D eigenvalue weighted by molar-refractivity contribution is 8.00. The molecule has 0 aliphatic carbocycles. The van der Waals surface area contributed by atoms with Crippen molar-refractivity contribution in [2.24, 2.45) is 0 Å². The average molecular weight is 679 g/mol. The minimum absolute atomic E-state index is 0.106. The molecule has 10 heteroatoms. The maximum absolute atomic E-state index is 13.6. The van der Waals surface area contributed by atoms with Crippen LogP contribution in [0.4, 0.5) is 10.8 Å². The lowest BCUT2D eigenvalue weighted by Gasteiger charge is -2.15. The summed E-state index contributed by atoms with van der Waals surface area (Å²) >= 11 is 2.81. The topological polar surface area (TPSA) is 109 Å². The third-order valence-electron chi connectivity index (χ3n) is 7.38. The second kappa shape index (κ2) is 16.3. The Labute approximate surface area is 289 Å². The molecule has 8 nitrogen and oxygen atoms in total. The van der Waals surface area contributed by atoms with Gasteiger partial charge in [0.15, 0.2) is 5.13 Å². The maximum Gasteiger partial charge on any atom is 0.272 e. The van der Waals surface area contributed by atoms with Gasteiger partial charge in [0.25, 0.3) is 11.8 Å². The minimum atomic E-state index is -0.470. The van der Waals surface area contributed by atoms with Crippen molar-refractivity contribution in [1.82, 2.24) is 10.3 Å². The molecular weight excluding hydrogens is 641 g/mol. The highest BCUT2D eigenvalue weighted by Crippen LogP contribution is 2.32. The molecule has 5 rings (SSSR count). The zero-order valence-electron chi connectivity index (χ0n) is 27.3. The Morgan fingerprint density at radius 1 is 0.896 bits per heavy atom. The van der Waals surface area contributed by atoms with Crippen LogP contribution >= 0.6 is 23.1 Å². The molecule has 48 heavy (non-hydrogen) atoms. The van der Waals surface area contributed by atoms with E-state index in [9.17, 15) is 14.4 Å². The van der Waals surface area contributed by atoms with Crippen LogP contribution in [-0.2, 0) is 9.59 Å². The molecule has 0 fully saturated rings. The number of hydrogen-bond donors (Lipinski definition) is 3. The second-order valence-corrected chi connectivity index (χ2v) is 13.6. The molecule has 1 aromatic heterocycles. The van der Waals surface area contributed by atoms with Gasteiger partial charge >= 0.3 is 0 Å². The van der Waals surface area contributed by atoms with Crippen molar-refractivity contribution in [3.05, 3.63) is 119 Å². The van der Waals surface area contributed by atoms with Crippen LogP contribution in [0.2, 0.25) is 0 Å². The lowest BCUT2D eigenvalue weighted by molar-refractivity contribution is -0.116. The number of thiazole rings is 1. The molecule has 4 aromatic carbocycles.